The standard InChI is InChI=1S/C56H34Br2I2N4/c57-49-29-45-46-30-50(58)52(60)32-48(46)56-55(47(45)31-51(49)59)61-53-33-43(35-21-25-41(26-22-35)63(37-13-5-1-6-14-37)38-15-7-2-8-16-38)44(34-54(53)62-56)36-23-27-42(28-24-36)64(39-17-9-3-10-18-39)40-19-11-4-12-20-40/h1-34H. The van der Waals surface area contributed by atoms with Gasteiger partial charge in [0, 0.05) is 61.0 Å². The first kappa shape index (κ1) is 41.1. The summed E-state index contributed by atoms with van der Waals surface area (Å²) in [4.78, 5) is 15.6. The summed E-state index contributed by atoms with van der Waals surface area (Å²) in [7, 11) is 0. The van der Waals surface area contributed by atoms with Crippen molar-refractivity contribution >= 4 is 155 Å². The smallest absolute Gasteiger partial charge is 0.0979 e. The van der Waals surface area contributed by atoms with Gasteiger partial charge in [-0.3, -0.25) is 0 Å². The fraction of sp³-hybridized carbons (Fsp3) is 0. The molecule has 4 nitrogen and oxygen atoms in total. The molecular weight excluding hydrogens is 1140 g/mol. The quantitative estimate of drug-likeness (QED) is 0.0862. The Morgan fingerprint density at radius 1 is 0.328 bits per heavy atom. The zero-order valence-corrected chi connectivity index (χ0v) is 41.4. The molecule has 10 aromatic carbocycles. The van der Waals surface area contributed by atoms with Crippen molar-refractivity contribution in [3.8, 4) is 22.3 Å². The van der Waals surface area contributed by atoms with Crippen LogP contribution < -0.4 is 9.80 Å². The van der Waals surface area contributed by atoms with Gasteiger partial charge in [-0.2, -0.15) is 0 Å². The Morgan fingerprint density at radius 2 is 0.625 bits per heavy atom. The normalized spacial score (nSPS) is 11.4. The number of fused-ring (bicyclic) bond motifs is 7. The van der Waals surface area contributed by atoms with E-state index in [-0.39, 0.29) is 0 Å². The summed E-state index contributed by atoms with van der Waals surface area (Å²) in [5.74, 6) is 0. The van der Waals surface area contributed by atoms with Gasteiger partial charge in [0.05, 0.1) is 22.1 Å². The number of hydrogen-bond acceptors (Lipinski definition) is 4. The van der Waals surface area contributed by atoms with E-state index in [1.54, 1.807) is 0 Å². The van der Waals surface area contributed by atoms with Crippen LogP contribution in [0.3, 0.4) is 0 Å². The van der Waals surface area contributed by atoms with E-state index >= 15 is 0 Å². The van der Waals surface area contributed by atoms with Crippen molar-refractivity contribution in [2.24, 2.45) is 0 Å². The monoisotopic (exact) mass is 1170 g/mol. The molecule has 0 saturated heterocycles. The molecule has 0 unspecified atom stereocenters. The number of para-hydroxylation sites is 4. The number of anilines is 6. The van der Waals surface area contributed by atoms with Gasteiger partial charge in [0.15, 0.2) is 0 Å². The molecule has 8 heteroatoms. The largest absolute Gasteiger partial charge is 0.311 e. The van der Waals surface area contributed by atoms with Crippen molar-refractivity contribution < 1.29 is 0 Å². The molecule has 11 aromatic rings. The molecule has 0 aliphatic heterocycles. The fourth-order valence-electron chi connectivity index (χ4n) is 8.67. The van der Waals surface area contributed by atoms with Crippen LogP contribution in [0, 0.1) is 7.14 Å². The SMILES string of the molecule is Brc1cc2c3cc(Br)c(I)cc3c3nc4cc(-c5ccc(N(c6ccccc6)c6ccccc6)cc5)c(-c5ccc(N(c6ccccc6)c6ccccc6)cc5)cc4nc3c2cc1I. The maximum atomic E-state index is 5.52. The third kappa shape index (κ3) is 7.63. The molecule has 0 atom stereocenters. The molecular formula is C56H34Br2I2N4. The van der Waals surface area contributed by atoms with Crippen LogP contribution in [0.5, 0.6) is 0 Å². The van der Waals surface area contributed by atoms with Crippen LogP contribution in [-0.2, 0) is 0 Å². The number of aromatic nitrogens is 2. The van der Waals surface area contributed by atoms with Crippen molar-refractivity contribution in [1.82, 2.24) is 9.97 Å². The van der Waals surface area contributed by atoms with Crippen LogP contribution in [0.2, 0.25) is 0 Å². The molecule has 0 fully saturated rings. The first-order valence-electron chi connectivity index (χ1n) is 20.7. The highest BCUT2D eigenvalue weighted by molar-refractivity contribution is 14.1. The maximum Gasteiger partial charge on any atom is 0.0979 e. The van der Waals surface area contributed by atoms with Gasteiger partial charge in [-0.1, -0.05) is 97.1 Å². The lowest BCUT2D eigenvalue weighted by Gasteiger charge is -2.26. The molecule has 1 aromatic heterocycles. The second-order valence-corrected chi connectivity index (χ2v) is 19.6. The molecule has 0 bridgehead atoms. The Hall–Kier alpha value is -5.66. The molecule has 0 spiro atoms. The van der Waals surface area contributed by atoms with Gasteiger partial charge < -0.3 is 9.80 Å². The summed E-state index contributed by atoms with van der Waals surface area (Å²) in [6.45, 7) is 0. The third-order valence-corrected chi connectivity index (χ3v) is 16.2. The van der Waals surface area contributed by atoms with Crippen LogP contribution >= 0.6 is 77.0 Å². The Kier molecular flexibility index (Phi) is 11.2. The minimum atomic E-state index is 0.840. The van der Waals surface area contributed by atoms with Gasteiger partial charge in [-0.15, -0.1) is 0 Å². The van der Waals surface area contributed by atoms with E-state index in [1.165, 1.54) is 0 Å². The number of halogens is 4. The predicted octanol–water partition coefficient (Wildman–Crippen LogP) is 18.1. The van der Waals surface area contributed by atoms with E-state index in [4.69, 9.17) is 9.97 Å². The molecule has 0 aliphatic carbocycles. The summed E-state index contributed by atoms with van der Waals surface area (Å²) < 4.78 is 4.35. The first-order valence-corrected chi connectivity index (χ1v) is 24.5. The van der Waals surface area contributed by atoms with E-state index in [2.05, 4.69) is 293 Å². The van der Waals surface area contributed by atoms with Crippen molar-refractivity contribution in [2.45, 2.75) is 0 Å². The summed E-state index contributed by atoms with van der Waals surface area (Å²) in [5.41, 5.74) is 14.3. The number of benzene rings is 10. The zero-order chi connectivity index (χ0) is 43.3. The first-order chi connectivity index (χ1) is 31.4. The summed E-state index contributed by atoms with van der Waals surface area (Å²) >= 11 is 12.4. The maximum absolute atomic E-state index is 5.52. The molecule has 1 heterocycles. The number of nitrogens with zero attached hydrogens (tertiary/aromatic N) is 4. The van der Waals surface area contributed by atoms with E-state index in [0.717, 1.165) is 116 Å². The van der Waals surface area contributed by atoms with Crippen LogP contribution in [0.25, 0.3) is 65.9 Å². The summed E-state index contributed by atoms with van der Waals surface area (Å²) in [6.07, 6.45) is 0. The Bertz CT molecular complexity index is 3210. The second kappa shape index (κ2) is 17.4. The Morgan fingerprint density at radius 3 is 0.938 bits per heavy atom. The summed E-state index contributed by atoms with van der Waals surface area (Å²) in [6, 6.07) is 73.3. The molecule has 0 amide bonds. The number of hydrogen-bond donors (Lipinski definition) is 0. The molecule has 0 saturated carbocycles. The minimum Gasteiger partial charge on any atom is -0.311 e. The molecule has 0 radical (unpaired) electrons. The lowest BCUT2D eigenvalue weighted by molar-refractivity contribution is 1.28. The van der Waals surface area contributed by atoms with Crippen LogP contribution in [0.15, 0.2) is 215 Å². The Balaban J connectivity index is 1.12. The van der Waals surface area contributed by atoms with E-state index in [0.29, 0.717) is 0 Å². The zero-order valence-electron chi connectivity index (χ0n) is 33.9. The van der Waals surface area contributed by atoms with Crippen molar-refractivity contribution in [1.29, 1.82) is 0 Å². The van der Waals surface area contributed by atoms with Gasteiger partial charge in [0.25, 0.3) is 0 Å². The third-order valence-electron chi connectivity index (χ3n) is 11.7. The van der Waals surface area contributed by atoms with Crippen LogP contribution in [0.4, 0.5) is 34.1 Å². The van der Waals surface area contributed by atoms with Crippen molar-refractivity contribution in [2.75, 3.05) is 9.80 Å². The van der Waals surface area contributed by atoms with Gasteiger partial charge in [0.1, 0.15) is 0 Å². The van der Waals surface area contributed by atoms with Gasteiger partial charge >= 0.3 is 0 Å². The topological polar surface area (TPSA) is 32.3 Å². The van der Waals surface area contributed by atoms with Crippen molar-refractivity contribution in [3.63, 3.8) is 0 Å². The fourth-order valence-corrected chi connectivity index (χ4v) is 10.3. The predicted molar refractivity (Wildman–Crippen MR) is 293 cm³/mol. The van der Waals surface area contributed by atoms with E-state index in [1.807, 2.05) is 0 Å². The van der Waals surface area contributed by atoms with Crippen LogP contribution in [0.1, 0.15) is 0 Å². The summed E-state index contributed by atoms with van der Waals surface area (Å²) in [5, 5.41) is 4.42. The van der Waals surface area contributed by atoms with E-state index in [9.17, 15) is 0 Å². The molecule has 64 heavy (non-hydrogen) atoms. The number of rotatable bonds is 8. The molecule has 306 valence electrons. The van der Waals surface area contributed by atoms with Gasteiger partial charge in [-0.05, 0) is 219 Å². The van der Waals surface area contributed by atoms with Crippen molar-refractivity contribution in [3.05, 3.63) is 222 Å². The highest BCUT2D eigenvalue weighted by Crippen LogP contribution is 2.43. The van der Waals surface area contributed by atoms with Gasteiger partial charge in [-0.25, -0.2) is 9.97 Å². The average Bonchev–Trinajstić information content (AvgIpc) is 3.34. The lowest BCUT2D eigenvalue weighted by Crippen LogP contribution is -2.09. The minimum absolute atomic E-state index is 0.840. The van der Waals surface area contributed by atoms with E-state index < -0.39 is 0 Å². The Labute approximate surface area is 415 Å². The highest BCUT2D eigenvalue weighted by atomic mass is 127. The highest BCUT2D eigenvalue weighted by Gasteiger charge is 2.20. The molecule has 11 rings (SSSR count). The average molecular weight is 1180 g/mol. The van der Waals surface area contributed by atoms with Crippen LogP contribution in [-0.4, -0.2) is 9.97 Å². The molecule has 0 aliphatic rings. The van der Waals surface area contributed by atoms with Gasteiger partial charge in [0.2, 0.25) is 0 Å². The molecule has 0 N–H and O–H groups in total. The lowest BCUT2D eigenvalue weighted by atomic mass is 9.93. The second-order valence-electron chi connectivity index (χ2n) is 15.5.